The summed E-state index contributed by atoms with van der Waals surface area (Å²) in [5.74, 6) is 2.73. The Labute approximate surface area is 172 Å². The standard InChI is InChI=1S/C22H32N4OS/c1-17(2)16-28-21-25-24-19(26(21)3)12-15-23-20(27)22(13-8-5-9-14-22)18-10-6-4-7-11-18/h4,6-7,10-11,17H,5,8-9,12-16H2,1-3H3,(H,23,27). The van der Waals surface area contributed by atoms with Gasteiger partial charge in [0.25, 0.3) is 0 Å². The van der Waals surface area contributed by atoms with Gasteiger partial charge in [0.15, 0.2) is 5.16 Å². The summed E-state index contributed by atoms with van der Waals surface area (Å²) >= 11 is 1.74. The molecule has 1 heterocycles. The van der Waals surface area contributed by atoms with Crippen LogP contribution in [0.5, 0.6) is 0 Å². The first-order valence-corrected chi connectivity index (χ1v) is 11.4. The van der Waals surface area contributed by atoms with Crippen molar-refractivity contribution in [2.45, 2.75) is 62.9 Å². The van der Waals surface area contributed by atoms with Gasteiger partial charge in [0.05, 0.1) is 5.41 Å². The van der Waals surface area contributed by atoms with Gasteiger partial charge < -0.3 is 9.88 Å². The van der Waals surface area contributed by atoms with Gasteiger partial charge in [-0.15, -0.1) is 10.2 Å². The molecule has 0 aliphatic heterocycles. The zero-order valence-electron chi connectivity index (χ0n) is 17.3. The minimum absolute atomic E-state index is 0.162. The lowest BCUT2D eigenvalue weighted by atomic mass is 9.68. The van der Waals surface area contributed by atoms with E-state index in [2.05, 4.69) is 41.5 Å². The Morgan fingerprint density at radius 2 is 1.89 bits per heavy atom. The number of carbonyl (C=O) groups excluding carboxylic acids is 1. The van der Waals surface area contributed by atoms with Crippen LogP contribution in [0.15, 0.2) is 35.5 Å². The van der Waals surface area contributed by atoms with Gasteiger partial charge in [-0.1, -0.05) is 75.2 Å². The molecule has 1 aromatic heterocycles. The van der Waals surface area contributed by atoms with Crippen LogP contribution in [0.4, 0.5) is 0 Å². The third kappa shape index (κ3) is 4.77. The van der Waals surface area contributed by atoms with Gasteiger partial charge in [-0.2, -0.15) is 0 Å². The van der Waals surface area contributed by atoms with Crippen molar-refractivity contribution in [1.82, 2.24) is 20.1 Å². The molecule has 1 N–H and O–H groups in total. The highest BCUT2D eigenvalue weighted by Gasteiger charge is 2.40. The van der Waals surface area contributed by atoms with Gasteiger partial charge in [-0.3, -0.25) is 4.79 Å². The maximum atomic E-state index is 13.2. The average molecular weight is 401 g/mol. The van der Waals surface area contributed by atoms with Gasteiger partial charge in [-0.25, -0.2) is 0 Å². The van der Waals surface area contributed by atoms with Crippen molar-refractivity contribution in [2.24, 2.45) is 13.0 Å². The maximum Gasteiger partial charge on any atom is 0.230 e. The Bertz CT molecular complexity index is 766. The summed E-state index contributed by atoms with van der Waals surface area (Å²) < 4.78 is 2.05. The number of amides is 1. The minimum Gasteiger partial charge on any atom is -0.355 e. The lowest BCUT2D eigenvalue weighted by Gasteiger charge is -2.36. The molecule has 152 valence electrons. The predicted octanol–water partition coefficient (Wildman–Crippen LogP) is 4.12. The monoisotopic (exact) mass is 400 g/mol. The normalized spacial score (nSPS) is 16.3. The maximum absolute atomic E-state index is 13.2. The number of nitrogens with one attached hydrogen (secondary N) is 1. The summed E-state index contributed by atoms with van der Waals surface area (Å²) in [5.41, 5.74) is 0.774. The van der Waals surface area contributed by atoms with Gasteiger partial charge in [0, 0.05) is 25.8 Å². The summed E-state index contributed by atoms with van der Waals surface area (Å²) in [6.07, 6.45) is 6.01. The van der Waals surface area contributed by atoms with E-state index in [0.717, 1.165) is 48.0 Å². The molecule has 1 amide bonds. The molecule has 0 unspecified atom stereocenters. The van der Waals surface area contributed by atoms with E-state index in [1.54, 1.807) is 11.8 Å². The zero-order chi connectivity index (χ0) is 20.0. The molecule has 0 bridgehead atoms. The highest BCUT2D eigenvalue weighted by atomic mass is 32.2. The first-order chi connectivity index (χ1) is 13.5. The van der Waals surface area contributed by atoms with E-state index in [-0.39, 0.29) is 11.3 Å². The van der Waals surface area contributed by atoms with Gasteiger partial charge in [0.1, 0.15) is 5.82 Å². The Balaban J connectivity index is 1.61. The fourth-order valence-electron chi connectivity index (χ4n) is 3.95. The Morgan fingerprint density at radius 1 is 1.18 bits per heavy atom. The van der Waals surface area contributed by atoms with E-state index in [9.17, 15) is 4.79 Å². The summed E-state index contributed by atoms with van der Waals surface area (Å²) in [6.45, 7) is 5.00. The molecule has 2 aromatic rings. The smallest absolute Gasteiger partial charge is 0.230 e. The van der Waals surface area contributed by atoms with E-state index < -0.39 is 0 Å². The Kier molecular flexibility index (Phi) is 7.16. The van der Waals surface area contributed by atoms with Crippen LogP contribution in [0.3, 0.4) is 0 Å². The van der Waals surface area contributed by atoms with E-state index in [0.29, 0.717) is 18.9 Å². The van der Waals surface area contributed by atoms with E-state index in [4.69, 9.17) is 0 Å². The lowest BCUT2D eigenvalue weighted by molar-refractivity contribution is -0.128. The van der Waals surface area contributed by atoms with Crippen molar-refractivity contribution in [3.05, 3.63) is 41.7 Å². The van der Waals surface area contributed by atoms with Crippen LogP contribution in [0.1, 0.15) is 57.3 Å². The summed E-state index contributed by atoms with van der Waals surface area (Å²) in [6, 6.07) is 10.3. The van der Waals surface area contributed by atoms with Crippen molar-refractivity contribution >= 4 is 17.7 Å². The van der Waals surface area contributed by atoms with Crippen LogP contribution in [0.25, 0.3) is 0 Å². The van der Waals surface area contributed by atoms with Crippen LogP contribution >= 0.6 is 11.8 Å². The molecule has 1 aliphatic carbocycles. The molecule has 1 aliphatic rings. The van der Waals surface area contributed by atoms with Gasteiger partial charge in [0.2, 0.25) is 5.91 Å². The van der Waals surface area contributed by atoms with Crippen LogP contribution in [-0.4, -0.2) is 33.0 Å². The minimum atomic E-state index is -0.377. The first-order valence-electron chi connectivity index (χ1n) is 10.4. The predicted molar refractivity (Wildman–Crippen MR) is 114 cm³/mol. The second-order valence-electron chi connectivity index (χ2n) is 8.18. The molecule has 1 saturated carbocycles. The molecule has 0 radical (unpaired) electrons. The number of rotatable bonds is 8. The summed E-state index contributed by atoms with van der Waals surface area (Å²) in [5, 5.41) is 12.8. The molecule has 0 atom stereocenters. The molecule has 3 rings (SSSR count). The molecule has 1 aromatic carbocycles. The highest BCUT2D eigenvalue weighted by molar-refractivity contribution is 7.99. The molecule has 0 spiro atoms. The third-order valence-electron chi connectivity index (χ3n) is 5.57. The van der Waals surface area contributed by atoms with Crippen molar-refractivity contribution in [3.8, 4) is 0 Å². The van der Waals surface area contributed by atoms with E-state index in [1.165, 1.54) is 6.42 Å². The van der Waals surface area contributed by atoms with Crippen LogP contribution in [0, 0.1) is 5.92 Å². The van der Waals surface area contributed by atoms with Crippen molar-refractivity contribution in [2.75, 3.05) is 12.3 Å². The molecule has 1 fully saturated rings. The topological polar surface area (TPSA) is 59.8 Å². The summed E-state index contributed by atoms with van der Waals surface area (Å²) in [4.78, 5) is 13.2. The molecule has 6 heteroatoms. The Hall–Kier alpha value is -1.82. The SMILES string of the molecule is CC(C)CSc1nnc(CCNC(=O)C2(c3ccccc3)CCCCC2)n1C. The lowest BCUT2D eigenvalue weighted by Crippen LogP contribution is -2.46. The van der Waals surface area contributed by atoms with Crippen molar-refractivity contribution in [3.63, 3.8) is 0 Å². The fourth-order valence-corrected chi connectivity index (χ4v) is 4.83. The second kappa shape index (κ2) is 9.59. The van der Waals surface area contributed by atoms with E-state index in [1.807, 2.05) is 29.8 Å². The van der Waals surface area contributed by atoms with E-state index >= 15 is 0 Å². The van der Waals surface area contributed by atoms with Crippen LogP contribution < -0.4 is 5.32 Å². The molecule has 28 heavy (non-hydrogen) atoms. The number of hydrogen-bond acceptors (Lipinski definition) is 4. The highest BCUT2D eigenvalue weighted by Crippen LogP contribution is 2.39. The number of carbonyl (C=O) groups is 1. The Morgan fingerprint density at radius 3 is 2.57 bits per heavy atom. The molecular formula is C22H32N4OS. The summed E-state index contributed by atoms with van der Waals surface area (Å²) in [7, 11) is 2.01. The average Bonchev–Trinajstić information content (AvgIpc) is 3.07. The molecule has 5 nitrogen and oxygen atoms in total. The fraction of sp³-hybridized carbons (Fsp3) is 0.591. The zero-order valence-corrected chi connectivity index (χ0v) is 18.1. The largest absolute Gasteiger partial charge is 0.355 e. The first kappa shape index (κ1) is 20.9. The van der Waals surface area contributed by atoms with Gasteiger partial charge in [-0.05, 0) is 24.3 Å². The quantitative estimate of drug-likeness (QED) is 0.677. The number of aromatic nitrogens is 3. The van der Waals surface area contributed by atoms with Gasteiger partial charge >= 0.3 is 0 Å². The third-order valence-corrected chi connectivity index (χ3v) is 7.02. The van der Waals surface area contributed by atoms with Crippen LogP contribution in [-0.2, 0) is 23.7 Å². The van der Waals surface area contributed by atoms with Crippen LogP contribution in [0.2, 0.25) is 0 Å². The number of nitrogens with zero attached hydrogens (tertiary/aromatic N) is 3. The molecular weight excluding hydrogens is 368 g/mol. The number of benzene rings is 1. The molecule has 0 saturated heterocycles. The number of thioether (sulfide) groups is 1. The van der Waals surface area contributed by atoms with Crippen molar-refractivity contribution in [1.29, 1.82) is 0 Å². The second-order valence-corrected chi connectivity index (χ2v) is 9.16. The number of hydrogen-bond donors (Lipinski definition) is 1. The van der Waals surface area contributed by atoms with Crippen molar-refractivity contribution < 1.29 is 4.79 Å².